The first-order valence-corrected chi connectivity index (χ1v) is 10.5. The van der Waals surface area contributed by atoms with Crippen molar-refractivity contribution in [3.63, 3.8) is 0 Å². The predicted octanol–water partition coefficient (Wildman–Crippen LogP) is 3.18. The number of piperidine rings is 1. The molecule has 3 rings (SSSR count). The van der Waals surface area contributed by atoms with E-state index in [1.807, 2.05) is 34.1 Å². The second-order valence-corrected chi connectivity index (χ2v) is 8.07. The van der Waals surface area contributed by atoms with E-state index in [9.17, 15) is 9.59 Å². The first-order chi connectivity index (χ1) is 12.7. The molecule has 0 aliphatic carbocycles. The Kier molecular flexibility index (Phi) is 6.83. The molecule has 0 N–H and O–H groups in total. The van der Waals surface area contributed by atoms with Gasteiger partial charge in [-0.3, -0.25) is 9.59 Å². The van der Waals surface area contributed by atoms with E-state index in [0.29, 0.717) is 6.42 Å². The van der Waals surface area contributed by atoms with Crippen LogP contribution in [-0.4, -0.2) is 60.2 Å². The van der Waals surface area contributed by atoms with Crippen molar-refractivity contribution in [1.29, 1.82) is 0 Å². The Labute approximate surface area is 160 Å². The van der Waals surface area contributed by atoms with Crippen LogP contribution in [0.3, 0.4) is 0 Å². The van der Waals surface area contributed by atoms with Crippen LogP contribution >= 0.6 is 11.8 Å². The van der Waals surface area contributed by atoms with E-state index in [2.05, 4.69) is 0 Å². The molecule has 1 aromatic rings. The van der Waals surface area contributed by atoms with E-state index in [4.69, 9.17) is 4.74 Å². The summed E-state index contributed by atoms with van der Waals surface area (Å²) in [7, 11) is 1.65. The molecule has 2 aliphatic rings. The Hall–Kier alpha value is -1.69. The van der Waals surface area contributed by atoms with Crippen molar-refractivity contribution in [2.24, 2.45) is 0 Å². The summed E-state index contributed by atoms with van der Waals surface area (Å²) >= 11 is 1.67. The van der Waals surface area contributed by atoms with Gasteiger partial charge in [0.1, 0.15) is 11.8 Å². The van der Waals surface area contributed by atoms with Crippen LogP contribution < -0.4 is 4.74 Å². The van der Waals surface area contributed by atoms with Gasteiger partial charge in [-0.15, -0.1) is 11.8 Å². The smallest absolute Gasteiger partial charge is 0.245 e. The van der Waals surface area contributed by atoms with Gasteiger partial charge in [-0.05, 0) is 56.4 Å². The number of ether oxygens (including phenoxy) is 1. The molecule has 0 saturated carbocycles. The summed E-state index contributed by atoms with van der Waals surface area (Å²) in [6.45, 7) is 2.42. The normalized spacial score (nSPS) is 20.3. The Bertz CT molecular complexity index is 614. The van der Waals surface area contributed by atoms with Crippen LogP contribution in [0.25, 0.3) is 0 Å². The fraction of sp³-hybridized carbons (Fsp3) is 0.600. The highest BCUT2D eigenvalue weighted by molar-refractivity contribution is 7.99. The van der Waals surface area contributed by atoms with Crippen LogP contribution in [0.15, 0.2) is 29.2 Å². The molecule has 2 fully saturated rings. The first-order valence-electron chi connectivity index (χ1n) is 9.54. The summed E-state index contributed by atoms with van der Waals surface area (Å²) in [6.07, 6.45) is 5.50. The number of methoxy groups -OCH3 is 1. The molecule has 2 saturated heterocycles. The van der Waals surface area contributed by atoms with Gasteiger partial charge < -0.3 is 14.5 Å². The number of amides is 2. The molecular weight excluding hydrogens is 348 g/mol. The molecule has 2 heterocycles. The van der Waals surface area contributed by atoms with Crippen LogP contribution in [0.5, 0.6) is 5.75 Å². The number of likely N-dealkylation sites (tertiary alicyclic amines) is 2. The molecule has 1 aromatic carbocycles. The summed E-state index contributed by atoms with van der Waals surface area (Å²) < 4.78 is 5.16. The Morgan fingerprint density at radius 1 is 1.08 bits per heavy atom. The lowest BCUT2D eigenvalue weighted by Crippen LogP contribution is -2.52. The number of carbonyl (C=O) groups excluding carboxylic acids is 2. The van der Waals surface area contributed by atoms with Gasteiger partial charge in [-0.1, -0.05) is 0 Å². The van der Waals surface area contributed by atoms with Gasteiger partial charge in [-0.25, -0.2) is 0 Å². The number of rotatable bonds is 6. The zero-order valence-corrected chi connectivity index (χ0v) is 16.3. The highest BCUT2D eigenvalue weighted by Crippen LogP contribution is 2.25. The number of nitrogens with zero attached hydrogens (tertiary/aromatic N) is 2. The second kappa shape index (κ2) is 9.31. The van der Waals surface area contributed by atoms with E-state index in [1.54, 1.807) is 18.9 Å². The van der Waals surface area contributed by atoms with Gasteiger partial charge in [0.2, 0.25) is 11.8 Å². The van der Waals surface area contributed by atoms with Gasteiger partial charge in [-0.2, -0.15) is 0 Å². The van der Waals surface area contributed by atoms with Crippen molar-refractivity contribution in [1.82, 2.24) is 9.80 Å². The average Bonchev–Trinajstić information content (AvgIpc) is 3.22. The maximum Gasteiger partial charge on any atom is 0.245 e. The quantitative estimate of drug-likeness (QED) is 0.716. The van der Waals surface area contributed by atoms with Crippen molar-refractivity contribution in [3.8, 4) is 5.75 Å². The Morgan fingerprint density at radius 2 is 1.77 bits per heavy atom. The molecule has 0 aromatic heterocycles. The summed E-state index contributed by atoms with van der Waals surface area (Å²) in [4.78, 5) is 30.4. The Morgan fingerprint density at radius 3 is 2.46 bits per heavy atom. The highest BCUT2D eigenvalue weighted by atomic mass is 32.2. The van der Waals surface area contributed by atoms with E-state index < -0.39 is 0 Å². The second-order valence-electron chi connectivity index (χ2n) is 6.91. The molecule has 142 valence electrons. The van der Waals surface area contributed by atoms with Gasteiger partial charge in [0.05, 0.1) is 7.11 Å². The lowest BCUT2D eigenvalue weighted by Gasteiger charge is -2.36. The summed E-state index contributed by atoms with van der Waals surface area (Å²) in [5.74, 6) is 1.84. The largest absolute Gasteiger partial charge is 0.497 e. The van der Waals surface area contributed by atoms with Crippen molar-refractivity contribution < 1.29 is 14.3 Å². The number of hydrogen-bond acceptors (Lipinski definition) is 4. The number of benzene rings is 1. The molecular formula is C20H28N2O3S. The third-order valence-corrected chi connectivity index (χ3v) is 6.18. The third kappa shape index (κ3) is 4.72. The molecule has 6 heteroatoms. The maximum absolute atomic E-state index is 12.8. The van der Waals surface area contributed by atoms with E-state index in [0.717, 1.165) is 68.1 Å². The van der Waals surface area contributed by atoms with Gasteiger partial charge in [0.25, 0.3) is 0 Å². The van der Waals surface area contributed by atoms with Crippen molar-refractivity contribution >= 4 is 23.6 Å². The molecule has 5 nitrogen and oxygen atoms in total. The minimum atomic E-state index is -0.236. The first kappa shape index (κ1) is 19.1. The third-order valence-electron chi connectivity index (χ3n) is 5.17. The number of hydrogen-bond donors (Lipinski definition) is 0. The van der Waals surface area contributed by atoms with E-state index in [-0.39, 0.29) is 17.9 Å². The van der Waals surface area contributed by atoms with Crippen LogP contribution in [0, 0.1) is 0 Å². The molecule has 1 unspecified atom stereocenters. The van der Waals surface area contributed by atoms with Crippen LogP contribution in [0.4, 0.5) is 0 Å². The van der Waals surface area contributed by atoms with Crippen LogP contribution in [-0.2, 0) is 9.59 Å². The highest BCUT2D eigenvalue weighted by Gasteiger charge is 2.35. The van der Waals surface area contributed by atoms with Gasteiger partial charge >= 0.3 is 0 Å². The van der Waals surface area contributed by atoms with Gasteiger partial charge in [0.15, 0.2) is 0 Å². The van der Waals surface area contributed by atoms with Crippen LogP contribution in [0.2, 0.25) is 0 Å². The zero-order chi connectivity index (χ0) is 18.4. The van der Waals surface area contributed by atoms with E-state index in [1.165, 1.54) is 0 Å². The van der Waals surface area contributed by atoms with E-state index >= 15 is 0 Å². The summed E-state index contributed by atoms with van der Waals surface area (Å²) in [5.41, 5.74) is 0. The minimum Gasteiger partial charge on any atom is -0.497 e. The van der Waals surface area contributed by atoms with Crippen molar-refractivity contribution in [3.05, 3.63) is 24.3 Å². The standard InChI is InChI=1S/C20H28N2O3S/c1-25-16-7-9-17(10-8-16)26-15-11-19(23)22-14-3-2-6-18(22)20(24)21-12-4-5-13-21/h7-10,18H,2-6,11-15H2,1H3. The zero-order valence-electron chi connectivity index (χ0n) is 15.5. The molecule has 2 amide bonds. The molecule has 0 bridgehead atoms. The molecule has 2 aliphatic heterocycles. The molecule has 1 atom stereocenters. The summed E-state index contributed by atoms with van der Waals surface area (Å²) in [6, 6.07) is 7.64. The van der Waals surface area contributed by atoms with Crippen LogP contribution in [0.1, 0.15) is 38.5 Å². The lowest BCUT2D eigenvalue weighted by atomic mass is 10.0. The van der Waals surface area contributed by atoms with Crippen molar-refractivity contribution in [2.75, 3.05) is 32.5 Å². The SMILES string of the molecule is COc1ccc(SCCC(=O)N2CCCCC2C(=O)N2CCCC2)cc1. The summed E-state index contributed by atoms with van der Waals surface area (Å²) in [5, 5.41) is 0. The fourth-order valence-electron chi connectivity index (χ4n) is 3.71. The molecule has 0 radical (unpaired) electrons. The fourth-order valence-corrected chi connectivity index (χ4v) is 4.55. The average molecular weight is 377 g/mol. The monoisotopic (exact) mass is 376 g/mol. The molecule has 26 heavy (non-hydrogen) atoms. The van der Waals surface area contributed by atoms with Gasteiger partial charge in [0, 0.05) is 36.7 Å². The lowest BCUT2D eigenvalue weighted by molar-refractivity contribution is -0.146. The maximum atomic E-state index is 12.8. The Balaban J connectivity index is 1.51. The number of carbonyl (C=O) groups is 2. The topological polar surface area (TPSA) is 49.9 Å². The predicted molar refractivity (Wildman–Crippen MR) is 104 cm³/mol. The minimum absolute atomic E-state index is 0.114. The number of thioether (sulfide) groups is 1. The molecule has 0 spiro atoms. The van der Waals surface area contributed by atoms with Crippen molar-refractivity contribution in [2.45, 2.75) is 49.5 Å².